The molecule has 0 atom stereocenters. The number of thiophene rings is 1. The Morgan fingerprint density at radius 1 is 1.00 bits per heavy atom. The second kappa shape index (κ2) is 5.57. The molecule has 0 fully saturated rings. The van der Waals surface area contributed by atoms with E-state index in [1.807, 2.05) is 0 Å². The monoisotopic (exact) mass is 315 g/mol. The maximum atomic E-state index is 12.4. The van der Waals surface area contributed by atoms with Gasteiger partial charge >= 0.3 is 12.1 Å². The number of carboxylic acid groups (broad SMARTS) is 1. The number of hydrogen-bond acceptors (Lipinski definition) is 3. The smallest absolute Gasteiger partial charge is 0.416 e. The molecule has 0 aliphatic carbocycles. The Bertz CT molecular complexity index is 677. The Hall–Kier alpha value is -2.35. The van der Waals surface area contributed by atoms with Crippen molar-refractivity contribution >= 4 is 28.9 Å². The number of alkyl halides is 3. The third-order valence-electron chi connectivity index (χ3n) is 2.51. The summed E-state index contributed by atoms with van der Waals surface area (Å²) in [4.78, 5) is 22.7. The molecule has 0 spiro atoms. The van der Waals surface area contributed by atoms with E-state index in [9.17, 15) is 22.8 Å². The Kier molecular flexibility index (Phi) is 3.99. The predicted octanol–water partition coefficient (Wildman–Crippen LogP) is 3.72. The number of carboxylic acids is 1. The minimum Gasteiger partial charge on any atom is -0.477 e. The van der Waals surface area contributed by atoms with Crippen LogP contribution in [0.2, 0.25) is 0 Å². The van der Waals surface area contributed by atoms with Crippen LogP contribution in [-0.4, -0.2) is 17.0 Å². The van der Waals surface area contributed by atoms with E-state index in [4.69, 9.17) is 5.11 Å². The molecule has 1 heterocycles. The van der Waals surface area contributed by atoms with Gasteiger partial charge in [-0.15, -0.1) is 11.3 Å². The number of benzene rings is 1. The van der Waals surface area contributed by atoms with Crippen LogP contribution in [0.5, 0.6) is 0 Å². The fraction of sp³-hybridized carbons (Fsp3) is 0.0769. The first-order chi connectivity index (χ1) is 9.77. The van der Waals surface area contributed by atoms with Gasteiger partial charge in [-0.3, -0.25) is 4.79 Å². The second-order valence-corrected chi connectivity index (χ2v) is 5.08. The first kappa shape index (κ1) is 15.0. The summed E-state index contributed by atoms with van der Waals surface area (Å²) < 4.78 is 37.2. The van der Waals surface area contributed by atoms with Crippen molar-refractivity contribution in [1.82, 2.24) is 0 Å². The summed E-state index contributed by atoms with van der Waals surface area (Å²) in [5.41, 5.74) is -0.622. The van der Waals surface area contributed by atoms with Crippen molar-refractivity contribution in [3.8, 4) is 0 Å². The van der Waals surface area contributed by atoms with Gasteiger partial charge in [-0.25, -0.2) is 4.79 Å². The zero-order chi connectivity index (χ0) is 15.6. The maximum absolute atomic E-state index is 12.4. The van der Waals surface area contributed by atoms with E-state index in [0.717, 1.165) is 35.6 Å². The van der Waals surface area contributed by atoms with Gasteiger partial charge in [0.2, 0.25) is 0 Å². The summed E-state index contributed by atoms with van der Waals surface area (Å²) in [6.07, 6.45) is -4.44. The van der Waals surface area contributed by atoms with Crippen molar-refractivity contribution in [2.24, 2.45) is 0 Å². The molecule has 0 unspecified atom stereocenters. The number of halogens is 3. The molecular weight excluding hydrogens is 307 g/mol. The van der Waals surface area contributed by atoms with E-state index in [1.165, 1.54) is 12.1 Å². The highest BCUT2D eigenvalue weighted by molar-refractivity contribution is 7.15. The number of carbonyl (C=O) groups excluding carboxylic acids is 1. The van der Waals surface area contributed by atoms with Crippen LogP contribution in [0.3, 0.4) is 0 Å². The summed E-state index contributed by atoms with van der Waals surface area (Å²) in [5.74, 6) is -1.72. The zero-order valence-electron chi connectivity index (χ0n) is 10.3. The molecule has 8 heteroatoms. The average molecular weight is 315 g/mol. The Morgan fingerprint density at radius 2 is 1.57 bits per heavy atom. The van der Waals surface area contributed by atoms with Crippen LogP contribution in [0.15, 0.2) is 36.4 Å². The van der Waals surface area contributed by atoms with Crippen molar-refractivity contribution in [2.45, 2.75) is 6.18 Å². The molecule has 2 rings (SSSR count). The lowest BCUT2D eigenvalue weighted by molar-refractivity contribution is -0.137. The zero-order valence-corrected chi connectivity index (χ0v) is 11.1. The highest BCUT2D eigenvalue weighted by atomic mass is 32.1. The van der Waals surface area contributed by atoms with Crippen molar-refractivity contribution in [1.29, 1.82) is 0 Å². The number of hydrogen-bond donors (Lipinski definition) is 2. The molecule has 0 aliphatic rings. The largest absolute Gasteiger partial charge is 0.477 e. The van der Waals surface area contributed by atoms with E-state index < -0.39 is 23.6 Å². The van der Waals surface area contributed by atoms with Crippen LogP contribution in [0.25, 0.3) is 0 Å². The van der Waals surface area contributed by atoms with E-state index >= 15 is 0 Å². The molecular formula is C13H8F3NO3S. The van der Waals surface area contributed by atoms with Gasteiger partial charge in [0.1, 0.15) is 4.88 Å². The lowest BCUT2D eigenvalue weighted by Gasteiger charge is -2.08. The number of amides is 1. The highest BCUT2D eigenvalue weighted by Gasteiger charge is 2.30. The van der Waals surface area contributed by atoms with Gasteiger partial charge in [0.05, 0.1) is 10.4 Å². The number of carbonyl (C=O) groups is 2. The molecule has 2 N–H and O–H groups in total. The first-order valence-corrected chi connectivity index (χ1v) is 6.41. The number of rotatable bonds is 3. The molecule has 0 aliphatic heterocycles. The van der Waals surface area contributed by atoms with Gasteiger partial charge in [-0.2, -0.15) is 13.2 Å². The van der Waals surface area contributed by atoms with Crippen molar-refractivity contribution in [3.05, 3.63) is 51.7 Å². The predicted molar refractivity (Wildman–Crippen MR) is 70.7 cm³/mol. The van der Waals surface area contributed by atoms with Crippen molar-refractivity contribution in [3.63, 3.8) is 0 Å². The molecule has 1 amide bonds. The van der Waals surface area contributed by atoms with Crippen molar-refractivity contribution < 1.29 is 27.9 Å². The molecule has 0 bridgehead atoms. The number of nitrogens with one attached hydrogen (secondary N) is 1. The molecule has 2 aromatic rings. The van der Waals surface area contributed by atoms with Crippen LogP contribution in [0.4, 0.5) is 18.9 Å². The van der Waals surface area contributed by atoms with Gasteiger partial charge in [-0.1, -0.05) is 0 Å². The van der Waals surface area contributed by atoms with E-state index in [-0.39, 0.29) is 15.4 Å². The number of anilines is 1. The minimum absolute atomic E-state index is 0.00701. The standard InChI is InChI=1S/C13H8F3NO3S/c14-13(15,16)7-1-3-8(4-2-7)17-11(18)9-5-6-10(21-9)12(19)20/h1-6H,(H,17,18)(H,19,20). The van der Waals surface area contributed by atoms with Crippen LogP contribution in [-0.2, 0) is 6.18 Å². The molecule has 0 radical (unpaired) electrons. The Labute approximate surface area is 120 Å². The van der Waals surface area contributed by atoms with Gasteiger partial charge in [0.25, 0.3) is 5.91 Å². The second-order valence-electron chi connectivity index (χ2n) is 4.00. The van der Waals surface area contributed by atoms with Crippen LogP contribution in [0.1, 0.15) is 24.9 Å². The normalized spacial score (nSPS) is 11.2. The minimum atomic E-state index is -4.44. The molecule has 110 valence electrons. The fourth-order valence-electron chi connectivity index (χ4n) is 1.51. The third-order valence-corrected chi connectivity index (χ3v) is 3.58. The lowest BCUT2D eigenvalue weighted by Crippen LogP contribution is -2.11. The fourth-order valence-corrected chi connectivity index (χ4v) is 2.25. The molecule has 4 nitrogen and oxygen atoms in total. The molecule has 1 aromatic heterocycles. The van der Waals surface area contributed by atoms with Crippen molar-refractivity contribution in [2.75, 3.05) is 5.32 Å². The molecule has 1 aromatic carbocycles. The summed E-state index contributed by atoms with van der Waals surface area (Å²) >= 11 is 0.784. The summed E-state index contributed by atoms with van der Waals surface area (Å²) in [6, 6.07) is 6.60. The van der Waals surface area contributed by atoms with E-state index in [0.29, 0.717) is 0 Å². The molecule has 0 saturated carbocycles. The molecule has 0 saturated heterocycles. The van der Waals surface area contributed by atoms with Gasteiger partial charge in [0, 0.05) is 5.69 Å². The molecule has 21 heavy (non-hydrogen) atoms. The SMILES string of the molecule is O=C(O)c1ccc(C(=O)Nc2ccc(C(F)(F)F)cc2)s1. The van der Waals surface area contributed by atoms with Crippen LogP contribution < -0.4 is 5.32 Å². The third kappa shape index (κ3) is 3.60. The number of aromatic carboxylic acids is 1. The van der Waals surface area contributed by atoms with Gasteiger partial charge in [-0.05, 0) is 36.4 Å². The Morgan fingerprint density at radius 3 is 2.05 bits per heavy atom. The van der Waals surface area contributed by atoms with E-state index in [1.54, 1.807) is 0 Å². The Balaban J connectivity index is 2.10. The first-order valence-electron chi connectivity index (χ1n) is 5.59. The van der Waals surface area contributed by atoms with E-state index in [2.05, 4.69) is 5.32 Å². The van der Waals surface area contributed by atoms with Gasteiger partial charge in [0.15, 0.2) is 0 Å². The summed E-state index contributed by atoms with van der Waals surface area (Å²) in [6.45, 7) is 0. The highest BCUT2D eigenvalue weighted by Crippen LogP contribution is 2.30. The van der Waals surface area contributed by atoms with Crippen LogP contribution in [0, 0.1) is 0 Å². The van der Waals surface area contributed by atoms with Gasteiger partial charge < -0.3 is 10.4 Å². The topological polar surface area (TPSA) is 66.4 Å². The van der Waals surface area contributed by atoms with Crippen LogP contribution >= 0.6 is 11.3 Å². The lowest BCUT2D eigenvalue weighted by atomic mass is 10.2. The maximum Gasteiger partial charge on any atom is 0.416 e. The quantitative estimate of drug-likeness (QED) is 0.907. The average Bonchev–Trinajstić information content (AvgIpc) is 2.88. The summed E-state index contributed by atoms with van der Waals surface area (Å²) in [5, 5.41) is 11.1. The summed E-state index contributed by atoms with van der Waals surface area (Å²) in [7, 11) is 0.